The molecule has 0 unspecified atom stereocenters. The predicted octanol–water partition coefficient (Wildman–Crippen LogP) is 8.87. The number of hydrogen-bond donors (Lipinski definition) is 1. The number of hydrogen-bond acceptors (Lipinski definition) is 5. The van der Waals surface area contributed by atoms with Crippen LogP contribution in [0.2, 0.25) is 5.02 Å². The van der Waals surface area contributed by atoms with Gasteiger partial charge in [-0.05, 0) is 95.7 Å². The van der Waals surface area contributed by atoms with E-state index in [2.05, 4.69) is 31.1 Å². The van der Waals surface area contributed by atoms with Crippen LogP contribution in [0.1, 0.15) is 69.1 Å². The van der Waals surface area contributed by atoms with E-state index in [-0.39, 0.29) is 16.0 Å². The highest BCUT2D eigenvalue weighted by Gasteiger charge is 2.42. The quantitative estimate of drug-likeness (QED) is 0.0681. The van der Waals surface area contributed by atoms with Crippen LogP contribution in [0.15, 0.2) is 70.7 Å². The molecule has 0 aliphatic heterocycles. The van der Waals surface area contributed by atoms with E-state index in [1.807, 2.05) is 36.4 Å². The van der Waals surface area contributed by atoms with Crippen LogP contribution >= 0.6 is 23.4 Å². The Morgan fingerprint density at radius 3 is 2.25 bits per heavy atom. The zero-order valence-corrected chi connectivity index (χ0v) is 22.2. The molecule has 0 saturated carbocycles. The lowest BCUT2D eigenvalue weighted by molar-refractivity contribution is -0.384. The zero-order valence-electron chi connectivity index (χ0n) is 20.7. The number of nitro benzene ring substituents is 1. The van der Waals surface area contributed by atoms with E-state index in [9.17, 15) is 15.3 Å². The molecule has 1 aliphatic rings. The summed E-state index contributed by atoms with van der Waals surface area (Å²) in [6, 6.07) is 19.3. The topological polar surface area (TPSA) is 75.7 Å². The van der Waals surface area contributed by atoms with E-state index in [4.69, 9.17) is 11.6 Å². The van der Waals surface area contributed by atoms with Gasteiger partial charge in [-0.15, -0.1) is 11.8 Å². The number of nitro groups is 1. The van der Waals surface area contributed by atoms with Gasteiger partial charge in [-0.25, -0.2) is 0 Å². The van der Waals surface area contributed by atoms with E-state index in [1.54, 1.807) is 23.9 Å². The number of non-ortho nitro benzene ring substituents is 1. The summed E-state index contributed by atoms with van der Waals surface area (Å²) in [5.74, 6) is 0.899. The highest BCUT2D eigenvalue weighted by Crippen LogP contribution is 2.54. The first-order valence-electron chi connectivity index (χ1n) is 12.5. The maximum atomic E-state index is 11.6. The lowest BCUT2D eigenvalue weighted by Gasteiger charge is -2.32. The van der Waals surface area contributed by atoms with Crippen molar-refractivity contribution < 1.29 is 10.1 Å². The number of oxime groups is 1. The van der Waals surface area contributed by atoms with E-state index in [0.29, 0.717) is 12.1 Å². The minimum Gasteiger partial charge on any atom is -0.411 e. The van der Waals surface area contributed by atoms with Crippen molar-refractivity contribution in [2.24, 2.45) is 5.16 Å². The van der Waals surface area contributed by atoms with Gasteiger partial charge in [0.25, 0.3) is 5.69 Å². The molecule has 188 valence electrons. The monoisotopic (exact) mass is 522 g/mol. The number of rotatable bonds is 11. The maximum Gasteiger partial charge on any atom is 0.269 e. The summed E-state index contributed by atoms with van der Waals surface area (Å²) in [6.45, 7) is 4.32. The van der Waals surface area contributed by atoms with Crippen LogP contribution in [-0.2, 0) is 5.41 Å². The second kappa shape index (κ2) is 11.5. The lowest BCUT2D eigenvalue weighted by Crippen LogP contribution is -2.25. The van der Waals surface area contributed by atoms with Crippen molar-refractivity contribution in [3.05, 3.63) is 92.5 Å². The molecule has 0 radical (unpaired) electrons. The first-order valence-corrected chi connectivity index (χ1v) is 13.8. The van der Waals surface area contributed by atoms with E-state index in [1.165, 1.54) is 5.56 Å². The molecule has 0 bridgehead atoms. The van der Waals surface area contributed by atoms with Crippen LogP contribution in [0.25, 0.3) is 11.1 Å². The van der Waals surface area contributed by atoms with Gasteiger partial charge in [0.1, 0.15) is 0 Å². The molecule has 1 N–H and O–H groups in total. The van der Waals surface area contributed by atoms with Crippen LogP contribution in [0.5, 0.6) is 0 Å². The van der Waals surface area contributed by atoms with Gasteiger partial charge in [-0.1, -0.05) is 55.6 Å². The molecular weight excluding hydrogens is 492 g/mol. The molecule has 36 heavy (non-hydrogen) atoms. The number of nitrogens with zero attached hydrogens (tertiary/aromatic N) is 2. The smallest absolute Gasteiger partial charge is 0.269 e. The van der Waals surface area contributed by atoms with Gasteiger partial charge < -0.3 is 5.21 Å². The fraction of sp³-hybridized carbons (Fsp3) is 0.345. The average Bonchev–Trinajstić information content (AvgIpc) is 3.14. The van der Waals surface area contributed by atoms with Gasteiger partial charge in [0.15, 0.2) is 0 Å². The van der Waals surface area contributed by atoms with Crippen molar-refractivity contribution in [1.29, 1.82) is 0 Å². The van der Waals surface area contributed by atoms with Crippen molar-refractivity contribution in [3.63, 3.8) is 0 Å². The predicted molar refractivity (Wildman–Crippen MR) is 149 cm³/mol. The van der Waals surface area contributed by atoms with Crippen molar-refractivity contribution in [2.45, 2.75) is 62.7 Å². The Hall–Kier alpha value is -2.83. The molecule has 4 rings (SSSR count). The first-order chi connectivity index (χ1) is 17.4. The third-order valence-electron chi connectivity index (χ3n) is 7.00. The summed E-state index contributed by atoms with van der Waals surface area (Å²) in [4.78, 5) is 12.4. The first kappa shape index (κ1) is 26.2. The number of benzene rings is 3. The fourth-order valence-corrected chi connectivity index (χ4v) is 6.48. The Kier molecular flexibility index (Phi) is 8.37. The minimum atomic E-state index is -0.310. The maximum absolute atomic E-state index is 11.6. The second-order valence-electron chi connectivity index (χ2n) is 9.28. The molecule has 1 aliphatic carbocycles. The molecule has 0 amide bonds. The lowest BCUT2D eigenvalue weighted by atomic mass is 9.71. The number of thioether (sulfide) groups is 1. The van der Waals surface area contributed by atoms with Crippen LogP contribution in [-0.4, -0.2) is 21.6 Å². The van der Waals surface area contributed by atoms with Crippen LogP contribution in [0.4, 0.5) is 5.69 Å². The third-order valence-corrected chi connectivity index (χ3v) is 8.35. The molecule has 0 saturated heterocycles. The molecule has 0 atom stereocenters. The van der Waals surface area contributed by atoms with Crippen LogP contribution < -0.4 is 0 Å². The van der Waals surface area contributed by atoms with Gasteiger partial charge in [-0.3, -0.25) is 10.1 Å². The molecule has 0 spiro atoms. The van der Waals surface area contributed by atoms with Crippen LogP contribution in [0.3, 0.4) is 0 Å². The minimum absolute atomic E-state index is 0.133. The Balaban J connectivity index is 1.61. The zero-order chi connectivity index (χ0) is 25.7. The van der Waals surface area contributed by atoms with Gasteiger partial charge in [0, 0.05) is 27.5 Å². The highest BCUT2D eigenvalue weighted by atomic mass is 35.5. The highest BCUT2D eigenvalue weighted by molar-refractivity contribution is 7.99. The van der Waals surface area contributed by atoms with Crippen molar-refractivity contribution in [2.75, 3.05) is 5.75 Å². The Labute approximate surface area is 221 Å². The third kappa shape index (κ3) is 5.16. The summed E-state index contributed by atoms with van der Waals surface area (Å²) in [7, 11) is 0. The van der Waals surface area contributed by atoms with Gasteiger partial charge in [-0.2, -0.15) is 0 Å². The summed E-state index contributed by atoms with van der Waals surface area (Å²) < 4.78 is 0. The molecule has 0 heterocycles. The number of fused-ring (bicyclic) bond motifs is 3. The summed E-state index contributed by atoms with van der Waals surface area (Å²) in [6.07, 6.45) is 5.28. The van der Waals surface area contributed by atoms with Gasteiger partial charge in [0.05, 0.1) is 10.6 Å². The van der Waals surface area contributed by atoms with E-state index in [0.717, 1.165) is 70.0 Å². The van der Waals surface area contributed by atoms with Crippen molar-refractivity contribution >= 4 is 34.8 Å². The van der Waals surface area contributed by atoms with Gasteiger partial charge >= 0.3 is 0 Å². The largest absolute Gasteiger partial charge is 0.411 e. The SMILES string of the molecule is CCCC1(CCC)c2cc(/C(CCCSc3ccc(Cl)cc3)=N/O)ccc2-c2ccc([N+](=O)[O-])cc21. The van der Waals surface area contributed by atoms with Crippen LogP contribution in [0, 0.1) is 10.1 Å². The Morgan fingerprint density at radius 2 is 1.64 bits per heavy atom. The molecule has 3 aromatic carbocycles. The standard InChI is InChI=1S/C29H31ClN2O3S/c1-3-15-29(16-4-2)26-18-20(7-13-24(26)25-14-10-22(32(34)35)19-27(25)29)28(31-33)6-5-17-36-23-11-8-21(30)9-12-23/h7-14,18-19,33H,3-6,15-17H2,1-2H3/b31-28+. The van der Waals surface area contributed by atoms with Crippen molar-refractivity contribution in [3.8, 4) is 11.1 Å². The fourth-order valence-electron chi connectivity index (χ4n) is 5.51. The van der Waals surface area contributed by atoms with E-state index < -0.39 is 0 Å². The van der Waals surface area contributed by atoms with E-state index >= 15 is 0 Å². The molecule has 7 heteroatoms. The van der Waals surface area contributed by atoms with Gasteiger partial charge in [0.2, 0.25) is 0 Å². The summed E-state index contributed by atoms with van der Waals surface area (Å²) in [5, 5.41) is 25.8. The number of halogens is 1. The Bertz CT molecular complexity index is 1270. The summed E-state index contributed by atoms with van der Waals surface area (Å²) >= 11 is 7.72. The average molecular weight is 523 g/mol. The molecule has 0 fully saturated rings. The van der Waals surface area contributed by atoms with Crippen molar-refractivity contribution in [1.82, 2.24) is 0 Å². The second-order valence-corrected chi connectivity index (χ2v) is 10.9. The summed E-state index contributed by atoms with van der Waals surface area (Å²) in [5.41, 5.74) is 5.87. The molecule has 5 nitrogen and oxygen atoms in total. The molecular formula is C29H31ClN2O3S. The normalized spacial score (nSPS) is 13.9. The molecule has 3 aromatic rings. The Morgan fingerprint density at radius 1 is 1.00 bits per heavy atom. The molecule has 0 aromatic heterocycles.